The second-order valence-electron chi connectivity index (χ2n) is 7.64. The Morgan fingerprint density at radius 1 is 1.09 bits per heavy atom. The van der Waals surface area contributed by atoms with Crippen molar-refractivity contribution < 1.29 is 9.63 Å². The summed E-state index contributed by atoms with van der Waals surface area (Å²) in [6.07, 6.45) is 1.54. The van der Waals surface area contributed by atoms with Crippen LogP contribution in [0.3, 0.4) is 0 Å². The van der Waals surface area contributed by atoms with Gasteiger partial charge in [0, 0.05) is 33.9 Å². The SMILES string of the molecule is CNCc1ccc(-c2cc(-c3nc(-c4ccc(SC(C)C)cc4O)cnc3N)on2)cc1. The Morgan fingerprint density at radius 3 is 2.56 bits per heavy atom. The van der Waals surface area contributed by atoms with Crippen molar-refractivity contribution in [2.45, 2.75) is 30.5 Å². The summed E-state index contributed by atoms with van der Waals surface area (Å²) in [5.41, 5.74) is 10.3. The number of nitrogen functional groups attached to an aromatic ring is 1. The Bertz CT molecular complexity index is 1220. The highest BCUT2D eigenvalue weighted by molar-refractivity contribution is 7.99. The number of nitrogens with two attached hydrogens (primary N) is 1. The Morgan fingerprint density at radius 2 is 1.88 bits per heavy atom. The highest BCUT2D eigenvalue weighted by Gasteiger charge is 2.17. The van der Waals surface area contributed by atoms with Gasteiger partial charge in [-0.15, -0.1) is 11.8 Å². The molecular formula is C24H25N5O2S. The van der Waals surface area contributed by atoms with Crippen molar-refractivity contribution in [3.8, 4) is 39.7 Å². The van der Waals surface area contributed by atoms with Gasteiger partial charge in [0.2, 0.25) is 0 Å². The molecule has 0 amide bonds. The van der Waals surface area contributed by atoms with E-state index in [-0.39, 0.29) is 11.6 Å². The summed E-state index contributed by atoms with van der Waals surface area (Å²) in [7, 11) is 1.91. The van der Waals surface area contributed by atoms with Gasteiger partial charge in [0.1, 0.15) is 11.4 Å². The third-order valence-corrected chi connectivity index (χ3v) is 5.79. The zero-order valence-electron chi connectivity index (χ0n) is 18.2. The molecule has 0 aliphatic heterocycles. The van der Waals surface area contributed by atoms with E-state index in [4.69, 9.17) is 10.3 Å². The van der Waals surface area contributed by atoms with E-state index in [1.54, 1.807) is 30.1 Å². The number of hydrogen-bond donors (Lipinski definition) is 3. The molecule has 2 heterocycles. The van der Waals surface area contributed by atoms with Crippen molar-refractivity contribution in [3.63, 3.8) is 0 Å². The Hall–Kier alpha value is -3.36. The topological polar surface area (TPSA) is 110 Å². The van der Waals surface area contributed by atoms with E-state index >= 15 is 0 Å². The molecule has 0 saturated carbocycles. The first-order valence-electron chi connectivity index (χ1n) is 10.3. The van der Waals surface area contributed by atoms with E-state index in [1.807, 2.05) is 43.4 Å². The Balaban J connectivity index is 1.64. The molecule has 0 spiro atoms. The molecule has 7 nitrogen and oxygen atoms in total. The minimum atomic E-state index is 0.139. The van der Waals surface area contributed by atoms with Crippen molar-refractivity contribution in [2.24, 2.45) is 0 Å². The highest BCUT2D eigenvalue weighted by Crippen LogP contribution is 2.35. The quantitative estimate of drug-likeness (QED) is 0.341. The number of thioether (sulfide) groups is 1. The van der Waals surface area contributed by atoms with Crippen molar-refractivity contribution in [2.75, 3.05) is 12.8 Å². The molecular weight excluding hydrogens is 422 g/mol. The number of nitrogens with one attached hydrogen (secondary N) is 1. The molecule has 2 aromatic carbocycles. The normalized spacial score (nSPS) is 11.2. The maximum atomic E-state index is 10.5. The van der Waals surface area contributed by atoms with E-state index < -0.39 is 0 Å². The second kappa shape index (κ2) is 9.42. The van der Waals surface area contributed by atoms with Crippen molar-refractivity contribution >= 4 is 17.6 Å². The van der Waals surface area contributed by atoms with E-state index in [9.17, 15) is 5.11 Å². The number of benzene rings is 2. The van der Waals surface area contributed by atoms with Gasteiger partial charge in [0.25, 0.3) is 0 Å². The lowest BCUT2D eigenvalue weighted by atomic mass is 10.1. The molecule has 0 saturated heterocycles. The predicted octanol–water partition coefficient (Wildman–Crippen LogP) is 4.97. The van der Waals surface area contributed by atoms with Crippen LogP contribution in [-0.4, -0.2) is 32.5 Å². The number of rotatable bonds is 7. The predicted molar refractivity (Wildman–Crippen MR) is 128 cm³/mol. The first-order valence-corrected chi connectivity index (χ1v) is 11.2. The highest BCUT2D eigenvalue weighted by atomic mass is 32.2. The summed E-state index contributed by atoms with van der Waals surface area (Å²) in [5, 5.41) is 18.3. The number of nitrogens with zero attached hydrogens (tertiary/aromatic N) is 3. The van der Waals surface area contributed by atoms with E-state index in [0.717, 1.165) is 17.0 Å². The number of aromatic nitrogens is 3. The fraction of sp³-hybridized carbons (Fsp3) is 0.208. The molecule has 32 heavy (non-hydrogen) atoms. The number of hydrogen-bond acceptors (Lipinski definition) is 8. The van der Waals surface area contributed by atoms with Crippen molar-refractivity contribution in [1.29, 1.82) is 0 Å². The van der Waals surface area contributed by atoms with Gasteiger partial charge in [0.15, 0.2) is 17.3 Å². The van der Waals surface area contributed by atoms with Crippen molar-refractivity contribution in [3.05, 3.63) is 60.3 Å². The Labute approximate surface area is 191 Å². The number of phenols is 1. The molecule has 4 rings (SSSR count). The molecule has 2 aromatic heterocycles. The fourth-order valence-corrected chi connectivity index (χ4v) is 4.17. The molecule has 0 aliphatic carbocycles. The number of aromatic hydroxyl groups is 1. The first-order chi connectivity index (χ1) is 15.4. The second-order valence-corrected chi connectivity index (χ2v) is 9.29. The number of anilines is 1. The van der Waals surface area contributed by atoms with Crippen molar-refractivity contribution in [1.82, 2.24) is 20.4 Å². The molecule has 4 N–H and O–H groups in total. The van der Waals surface area contributed by atoms with Gasteiger partial charge < -0.3 is 20.7 Å². The van der Waals surface area contributed by atoms with E-state index in [0.29, 0.717) is 33.7 Å². The van der Waals surface area contributed by atoms with Gasteiger partial charge in [-0.2, -0.15) is 0 Å². The maximum Gasteiger partial charge on any atom is 0.189 e. The summed E-state index contributed by atoms with van der Waals surface area (Å²) in [4.78, 5) is 9.87. The molecule has 4 aromatic rings. The summed E-state index contributed by atoms with van der Waals surface area (Å²) < 4.78 is 5.54. The van der Waals surface area contributed by atoms with Crippen LogP contribution in [0.5, 0.6) is 5.75 Å². The summed E-state index contributed by atoms with van der Waals surface area (Å²) in [6, 6.07) is 15.4. The van der Waals surface area contributed by atoms with Crippen LogP contribution in [0.1, 0.15) is 19.4 Å². The molecule has 0 aliphatic rings. The minimum Gasteiger partial charge on any atom is -0.507 e. The van der Waals surface area contributed by atoms with Gasteiger partial charge in [-0.1, -0.05) is 43.3 Å². The van der Waals surface area contributed by atoms with E-state index in [2.05, 4.69) is 34.3 Å². The van der Waals surface area contributed by atoms with Gasteiger partial charge >= 0.3 is 0 Å². The van der Waals surface area contributed by atoms with Crippen LogP contribution in [0.25, 0.3) is 34.0 Å². The van der Waals surface area contributed by atoms with Crippen LogP contribution in [-0.2, 0) is 6.54 Å². The van der Waals surface area contributed by atoms with Crippen LogP contribution in [0.4, 0.5) is 5.82 Å². The molecule has 164 valence electrons. The lowest BCUT2D eigenvalue weighted by Gasteiger charge is -2.09. The number of phenolic OH excluding ortho intramolecular Hbond substituents is 1. The molecule has 0 bridgehead atoms. The maximum absolute atomic E-state index is 10.5. The summed E-state index contributed by atoms with van der Waals surface area (Å²) >= 11 is 1.68. The smallest absolute Gasteiger partial charge is 0.189 e. The molecule has 0 fully saturated rings. The van der Waals surface area contributed by atoms with Gasteiger partial charge in [-0.05, 0) is 30.8 Å². The first kappa shape index (κ1) is 21.9. The van der Waals surface area contributed by atoms with Gasteiger partial charge in [0.05, 0.1) is 11.9 Å². The zero-order chi connectivity index (χ0) is 22.7. The van der Waals surface area contributed by atoms with Crippen LogP contribution >= 0.6 is 11.8 Å². The minimum absolute atomic E-state index is 0.139. The fourth-order valence-electron chi connectivity index (χ4n) is 3.30. The molecule has 0 radical (unpaired) electrons. The standard InChI is InChI=1S/C24H25N5O2S/c1-14(2)32-17-8-9-18(21(30)10-17)20-13-27-24(25)23(28-20)22-11-19(29-31-22)16-6-4-15(5-7-16)12-26-3/h4-11,13-14,26,30H,12H2,1-3H3,(H2,25,27). The van der Waals surface area contributed by atoms with Crippen LogP contribution < -0.4 is 11.1 Å². The van der Waals surface area contributed by atoms with Gasteiger partial charge in [-0.25, -0.2) is 9.97 Å². The summed E-state index contributed by atoms with van der Waals surface area (Å²) in [5.74, 6) is 0.783. The van der Waals surface area contributed by atoms with E-state index in [1.165, 1.54) is 5.56 Å². The lowest BCUT2D eigenvalue weighted by Crippen LogP contribution is -2.04. The Kier molecular flexibility index (Phi) is 6.43. The average Bonchev–Trinajstić information content (AvgIpc) is 3.25. The summed E-state index contributed by atoms with van der Waals surface area (Å²) in [6.45, 7) is 5.01. The van der Waals surface area contributed by atoms with Crippen LogP contribution in [0.15, 0.2) is 64.1 Å². The average molecular weight is 448 g/mol. The zero-order valence-corrected chi connectivity index (χ0v) is 19.0. The lowest BCUT2D eigenvalue weighted by molar-refractivity contribution is 0.433. The third kappa shape index (κ3) is 4.76. The molecule has 0 atom stereocenters. The van der Waals surface area contributed by atoms with Crippen LogP contribution in [0.2, 0.25) is 0 Å². The third-order valence-electron chi connectivity index (χ3n) is 4.79. The van der Waals surface area contributed by atoms with Gasteiger partial charge in [-0.3, -0.25) is 0 Å². The molecule has 8 heteroatoms. The monoisotopic (exact) mass is 447 g/mol. The van der Waals surface area contributed by atoms with Crippen LogP contribution in [0, 0.1) is 0 Å². The largest absolute Gasteiger partial charge is 0.507 e. The molecule has 0 unspecified atom stereocenters.